The monoisotopic (exact) mass is 275 g/mol. The fraction of sp³-hybridized carbons (Fsp3) is 0.733. The van der Waals surface area contributed by atoms with E-state index in [0.29, 0.717) is 6.04 Å². The molecule has 1 aromatic rings. The Labute approximate surface area is 121 Å². The van der Waals surface area contributed by atoms with Crippen molar-refractivity contribution in [3.8, 4) is 0 Å². The number of aromatic nitrogens is 2. The summed E-state index contributed by atoms with van der Waals surface area (Å²) in [5, 5.41) is 6.81. The maximum Gasteiger partial charge on any atom is 0.135 e. The van der Waals surface area contributed by atoms with Crippen molar-refractivity contribution in [2.24, 2.45) is 0 Å². The second-order valence-corrected chi connectivity index (χ2v) is 5.92. The average Bonchev–Trinajstić information content (AvgIpc) is 3.21. The summed E-state index contributed by atoms with van der Waals surface area (Å²) in [6, 6.07) is 1.39. The first-order valence-corrected chi connectivity index (χ1v) is 7.77. The van der Waals surface area contributed by atoms with Gasteiger partial charge in [0.2, 0.25) is 0 Å². The lowest BCUT2D eigenvalue weighted by atomic mass is 10.2. The maximum atomic E-state index is 4.67. The molecule has 3 rings (SSSR count). The SMILES string of the molecule is CCc1nc(NC)c(C)c(NC2CCN(C3CC3)C2)n1. The third-order valence-electron chi connectivity index (χ3n) is 4.37. The molecule has 1 aromatic heterocycles. The molecule has 1 saturated heterocycles. The maximum absolute atomic E-state index is 4.67. The minimum Gasteiger partial charge on any atom is -0.373 e. The van der Waals surface area contributed by atoms with E-state index in [4.69, 9.17) is 0 Å². The summed E-state index contributed by atoms with van der Waals surface area (Å²) >= 11 is 0. The van der Waals surface area contributed by atoms with Crippen LogP contribution in [0.4, 0.5) is 11.6 Å². The quantitative estimate of drug-likeness (QED) is 0.861. The fourth-order valence-electron chi connectivity index (χ4n) is 2.97. The zero-order valence-corrected chi connectivity index (χ0v) is 12.7. The van der Waals surface area contributed by atoms with E-state index in [-0.39, 0.29) is 0 Å². The minimum absolute atomic E-state index is 0.526. The van der Waals surface area contributed by atoms with Crippen molar-refractivity contribution >= 4 is 11.6 Å². The summed E-state index contributed by atoms with van der Waals surface area (Å²) in [6.45, 7) is 6.57. The molecule has 1 aliphatic carbocycles. The number of hydrogen-bond donors (Lipinski definition) is 2. The number of likely N-dealkylation sites (tertiary alicyclic amines) is 1. The molecule has 5 heteroatoms. The summed E-state index contributed by atoms with van der Waals surface area (Å²) in [7, 11) is 1.92. The number of hydrogen-bond acceptors (Lipinski definition) is 5. The molecule has 0 radical (unpaired) electrons. The summed E-state index contributed by atoms with van der Waals surface area (Å²) in [6.07, 6.45) is 4.87. The molecule has 1 unspecified atom stereocenters. The molecule has 2 N–H and O–H groups in total. The van der Waals surface area contributed by atoms with E-state index in [1.165, 1.54) is 25.8 Å². The number of nitrogens with one attached hydrogen (secondary N) is 2. The lowest BCUT2D eigenvalue weighted by molar-refractivity contribution is 0.326. The Morgan fingerprint density at radius 3 is 2.60 bits per heavy atom. The van der Waals surface area contributed by atoms with Gasteiger partial charge in [0.25, 0.3) is 0 Å². The van der Waals surface area contributed by atoms with Crippen LogP contribution in [0.5, 0.6) is 0 Å². The van der Waals surface area contributed by atoms with Crippen LogP contribution in [0.15, 0.2) is 0 Å². The second-order valence-electron chi connectivity index (χ2n) is 5.92. The molecule has 5 nitrogen and oxygen atoms in total. The highest BCUT2D eigenvalue weighted by molar-refractivity contribution is 5.57. The molecule has 110 valence electrons. The number of aryl methyl sites for hydroxylation is 1. The molecule has 0 amide bonds. The predicted octanol–water partition coefficient (Wildman–Crippen LogP) is 2.04. The molecule has 20 heavy (non-hydrogen) atoms. The second kappa shape index (κ2) is 5.56. The minimum atomic E-state index is 0.526. The Morgan fingerprint density at radius 1 is 1.20 bits per heavy atom. The van der Waals surface area contributed by atoms with Crippen molar-refractivity contribution in [3.63, 3.8) is 0 Å². The summed E-state index contributed by atoms with van der Waals surface area (Å²) in [5.74, 6) is 2.85. The van der Waals surface area contributed by atoms with Gasteiger partial charge in [-0.1, -0.05) is 6.92 Å². The van der Waals surface area contributed by atoms with Crippen LogP contribution in [0.3, 0.4) is 0 Å². The van der Waals surface area contributed by atoms with Gasteiger partial charge in [-0.05, 0) is 26.2 Å². The van der Waals surface area contributed by atoms with E-state index in [1.807, 2.05) is 7.05 Å². The Kier molecular flexibility index (Phi) is 3.78. The van der Waals surface area contributed by atoms with Crippen molar-refractivity contribution in [2.45, 2.75) is 51.6 Å². The fourth-order valence-corrected chi connectivity index (χ4v) is 2.97. The van der Waals surface area contributed by atoms with Crippen LogP contribution in [0, 0.1) is 6.92 Å². The van der Waals surface area contributed by atoms with E-state index >= 15 is 0 Å². The zero-order chi connectivity index (χ0) is 14.1. The first-order chi connectivity index (χ1) is 9.71. The lowest BCUT2D eigenvalue weighted by Crippen LogP contribution is -2.28. The zero-order valence-electron chi connectivity index (χ0n) is 12.7. The molecule has 2 heterocycles. The van der Waals surface area contributed by atoms with Gasteiger partial charge in [-0.3, -0.25) is 4.90 Å². The molecule has 2 aliphatic rings. The number of anilines is 2. The predicted molar refractivity (Wildman–Crippen MR) is 82.3 cm³/mol. The van der Waals surface area contributed by atoms with Crippen molar-refractivity contribution in [1.82, 2.24) is 14.9 Å². The molecular weight excluding hydrogens is 250 g/mol. The van der Waals surface area contributed by atoms with Gasteiger partial charge in [-0.15, -0.1) is 0 Å². The standard InChI is InChI=1S/C15H25N5/c1-4-13-18-14(16-3)10(2)15(19-13)17-11-7-8-20(9-11)12-5-6-12/h11-12H,4-9H2,1-3H3,(H2,16,17,18,19). The van der Waals surface area contributed by atoms with Gasteiger partial charge in [0.15, 0.2) is 0 Å². The van der Waals surface area contributed by atoms with Crippen LogP contribution in [0.2, 0.25) is 0 Å². The first-order valence-electron chi connectivity index (χ1n) is 7.77. The van der Waals surface area contributed by atoms with Gasteiger partial charge in [-0.25, -0.2) is 9.97 Å². The highest BCUT2D eigenvalue weighted by atomic mass is 15.2. The van der Waals surface area contributed by atoms with Crippen LogP contribution >= 0.6 is 0 Å². The van der Waals surface area contributed by atoms with E-state index in [1.54, 1.807) is 0 Å². The molecule has 1 saturated carbocycles. The van der Waals surface area contributed by atoms with E-state index < -0.39 is 0 Å². The first kappa shape index (κ1) is 13.6. The number of rotatable bonds is 5. The van der Waals surface area contributed by atoms with Crippen molar-refractivity contribution in [1.29, 1.82) is 0 Å². The van der Waals surface area contributed by atoms with Gasteiger partial charge in [-0.2, -0.15) is 0 Å². The molecule has 1 aliphatic heterocycles. The van der Waals surface area contributed by atoms with Crippen molar-refractivity contribution in [2.75, 3.05) is 30.8 Å². The van der Waals surface area contributed by atoms with Crippen LogP contribution < -0.4 is 10.6 Å². The summed E-state index contributed by atoms with van der Waals surface area (Å²) in [4.78, 5) is 11.8. The van der Waals surface area contributed by atoms with Crippen molar-refractivity contribution < 1.29 is 0 Å². The van der Waals surface area contributed by atoms with Gasteiger partial charge < -0.3 is 10.6 Å². The van der Waals surface area contributed by atoms with E-state index in [9.17, 15) is 0 Å². The molecule has 0 bridgehead atoms. The third kappa shape index (κ3) is 2.73. The van der Waals surface area contributed by atoms with Crippen molar-refractivity contribution in [3.05, 3.63) is 11.4 Å². The van der Waals surface area contributed by atoms with Crippen LogP contribution in [-0.2, 0) is 6.42 Å². The normalized spacial score (nSPS) is 23.1. The molecule has 2 fully saturated rings. The highest BCUT2D eigenvalue weighted by Crippen LogP contribution is 2.31. The van der Waals surface area contributed by atoms with Crippen LogP contribution in [0.25, 0.3) is 0 Å². The van der Waals surface area contributed by atoms with E-state index in [0.717, 1.165) is 42.0 Å². The Balaban J connectivity index is 1.72. The molecule has 1 atom stereocenters. The third-order valence-corrected chi connectivity index (χ3v) is 4.37. The molecular formula is C15H25N5. The Morgan fingerprint density at radius 2 is 1.95 bits per heavy atom. The Hall–Kier alpha value is -1.36. The smallest absolute Gasteiger partial charge is 0.135 e. The molecule has 0 spiro atoms. The largest absolute Gasteiger partial charge is 0.373 e. The topological polar surface area (TPSA) is 53.1 Å². The van der Waals surface area contributed by atoms with Gasteiger partial charge in [0.1, 0.15) is 17.5 Å². The highest BCUT2D eigenvalue weighted by Gasteiger charge is 2.34. The number of nitrogens with zero attached hydrogens (tertiary/aromatic N) is 3. The lowest BCUT2D eigenvalue weighted by Gasteiger charge is -2.18. The molecule has 0 aromatic carbocycles. The van der Waals surface area contributed by atoms with Gasteiger partial charge >= 0.3 is 0 Å². The summed E-state index contributed by atoms with van der Waals surface area (Å²) < 4.78 is 0. The van der Waals surface area contributed by atoms with Crippen LogP contribution in [-0.4, -0.2) is 47.1 Å². The Bertz CT molecular complexity index is 483. The van der Waals surface area contributed by atoms with Gasteiger partial charge in [0.05, 0.1) is 0 Å². The van der Waals surface area contributed by atoms with Gasteiger partial charge in [0, 0.05) is 44.2 Å². The van der Waals surface area contributed by atoms with Crippen LogP contribution in [0.1, 0.15) is 37.6 Å². The summed E-state index contributed by atoms with van der Waals surface area (Å²) in [5.41, 5.74) is 1.12. The average molecular weight is 275 g/mol. The van der Waals surface area contributed by atoms with E-state index in [2.05, 4.69) is 39.3 Å².